The summed E-state index contributed by atoms with van der Waals surface area (Å²) in [6, 6.07) is 0. The molecule has 0 unspecified atom stereocenters. The van der Waals surface area contributed by atoms with E-state index >= 15 is 0 Å². The molecule has 0 bridgehead atoms. The average molecular weight is 252 g/mol. The minimum absolute atomic E-state index is 0.140. The van der Waals surface area contributed by atoms with Gasteiger partial charge < -0.3 is 14.7 Å². The summed E-state index contributed by atoms with van der Waals surface area (Å²) in [4.78, 5) is 2.44. The van der Waals surface area contributed by atoms with Crippen LogP contribution in [0, 0.1) is 0 Å². The van der Waals surface area contributed by atoms with Crippen LogP contribution in [0.4, 0.5) is 0 Å². The monoisotopic (exact) mass is 251 g/mol. The van der Waals surface area contributed by atoms with E-state index in [4.69, 9.17) is 9.84 Å². The highest BCUT2D eigenvalue weighted by Gasteiger charge is 2.18. The van der Waals surface area contributed by atoms with Gasteiger partial charge in [-0.1, -0.05) is 15.9 Å². The zero-order chi connectivity index (χ0) is 9.52. The second kappa shape index (κ2) is 6.76. The number of likely N-dealkylation sites (tertiary alicyclic amines) is 1. The first kappa shape index (κ1) is 11.4. The van der Waals surface area contributed by atoms with Crippen LogP contribution in [-0.2, 0) is 4.74 Å². The Morgan fingerprint density at radius 2 is 2.08 bits per heavy atom. The lowest BCUT2D eigenvalue weighted by molar-refractivity contribution is -0.00664. The quantitative estimate of drug-likeness (QED) is 0.736. The van der Waals surface area contributed by atoms with Crippen LogP contribution in [0.2, 0.25) is 0 Å². The molecule has 0 aliphatic carbocycles. The molecule has 0 aromatic carbocycles. The number of ether oxygens (including phenoxy) is 1. The summed E-state index contributed by atoms with van der Waals surface area (Å²) < 4.78 is 5.47. The van der Waals surface area contributed by atoms with Gasteiger partial charge in [0, 0.05) is 25.0 Å². The van der Waals surface area contributed by atoms with E-state index in [-0.39, 0.29) is 6.61 Å². The van der Waals surface area contributed by atoms with Crippen LogP contribution in [0.3, 0.4) is 0 Å². The van der Waals surface area contributed by atoms with E-state index < -0.39 is 0 Å². The second-order valence-electron chi connectivity index (χ2n) is 3.32. The molecule has 4 heteroatoms. The van der Waals surface area contributed by atoms with Crippen molar-refractivity contribution in [3.8, 4) is 0 Å². The number of piperidine rings is 1. The van der Waals surface area contributed by atoms with Crippen LogP contribution in [-0.4, -0.2) is 54.3 Å². The molecule has 1 heterocycles. The third-order valence-electron chi connectivity index (χ3n) is 2.38. The molecule has 78 valence electrons. The van der Waals surface area contributed by atoms with Crippen LogP contribution >= 0.6 is 15.9 Å². The lowest BCUT2D eigenvalue weighted by atomic mass is 10.1. The third-order valence-corrected chi connectivity index (χ3v) is 2.73. The largest absolute Gasteiger partial charge is 0.394 e. The van der Waals surface area contributed by atoms with Crippen molar-refractivity contribution >= 4 is 15.9 Å². The number of alkyl halides is 1. The Labute approximate surface area is 88.2 Å². The minimum Gasteiger partial charge on any atom is -0.394 e. The van der Waals surface area contributed by atoms with Gasteiger partial charge in [0.05, 0.1) is 19.3 Å². The molecule has 0 radical (unpaired) electrons. The number of nitrogens with zero attached hydrogens (tertiary/aromatic N) is 1. The smallest absolute Gasteiger partial charge is 0.0701 e. The highest BCUT2D eigenvalue weighted by atomic mass is 79.9. The summed E-state index contributed by atoms with van der Waals surface area (Å²) in [5, 5.41) is 9.64. The van der Waals surface area contributed by atoms with Gasteiger partial charge in [-0.3, -0.25) is 0 Å². The van der Waals surface area contributed by atoms with Gasteiger partial charge in [-0.25, -0.2) is 0 Å². The Morgan fingerprint density at radius 1 is 1.38 bits per heavy atom. The van der Waals surface area contributed by atoms with Crippen molar-refractivity contribution in [2.75, 3.05) is 38.2 Å². The Bertz CT molecular complexity index is 127. The average Bonchev–Trinajstić information content (AvgIpc) is 2.17. The zero-order valence-electron chi connectivity index (χ0n) is 7.91. The van der Waals surface area contributed by atoms with E-state index in [1.165, 1.54) is 0 Å². The molecule has 0 spiro atoms. The van der Waals surface area contributed by atoms with Crippen molar-refractivity contribution in [2.24, 2.45) is 0 Å². The van der Waals surface area contributed by atoms with Gasteiger partial charge in [0.2, 0.25) is 0 Å². The van der Waals surface area contributed by atoms with Crippen molar-refractivity contribution in [1.29, 1.82) is 0 Å². The molecule has 0 atom stereocenters. The van der Waals surface area contributed by atoms with E-state index in [9.17, 15) is 0 Å². The molecular formula is C9H18BrNO2. The number of hydrogen-bond donors (Lipinski definition) is 1. The van der Waals surface area contributed by atoms with Crippen molar-refractivity contribution in [3.63, 3.8) is 0 Å². The van der Waals surface area contributed by atoms with Gasteiger partial charge >= 0.3 is 0 Å². The molecule has 3 nitrogen and oxygen atoms in total. The predicted octanol–water partition coefficient (Wildman–Crippen LogP) is 0.855. The topological polar surface area (TPSA) is 32.7 Å². The van der Waals surface area contributed by atoms with Crippen molar-refractivity contribution in [2.45, 2.75) is 18.9 Å². The van der Waals surface area contributed by atoms with Gasteiger partial charge in [-0.05, 0) is 12.8 Å². The summed E-state index contributed by atoms with van der Waals surface area (Å²) in [7, 11) is 0. The van der Waals surface area contributed by atoms with Crippen molar-refractivity contribution in [3.05, 3.63) is 0 Å². The molecule has 1 N–H and O–H groups in total. The van der Waals surface area contributed by atoms with Crippen LogP contribution in [0.1, 0.15) is 12.8 Å². The number of rotatable bonds is 5. The Hall–Kier alpha value is 0.360. The molecule has 1 saturated heterocycles. The highest BCUT2D eigenvalue weighted by Crippen LogP contribution is 2.13. The van der Waals surface area contributed by atoms with E-state index in [0.29, 0.717) is 12.7 Å². The number of aliphatic hydroxyl groups is 1. The number of aliphatic hydroxyl groups excluding tert-OH is 1. The van der Waals surface area contributed by atoms with Gasteiger partial charge in [-0.15, -0.1) is 0 Å². The maximum absolute atomic E-state index is 8.59. The molecule has 1 aliphatic rings. The molecule has 0 aromatic rings. The standard InChI is InChI=1S/C9H18BrNO2/c10-3-6-11-4-1-9(2-5-11)13-8-7-12/h9,12H,1-8H2. The van der Waals surface area contributed by atoms with Gasteiger partial charge in [-0.2, -0.15) is 0 Å². The van der Waals surface area contributed by atoms with Crippen LogP contribution in [0.5, 0.6) is 0 Å². The normalized spacial score (nSPS) is 20.8. The fourth-order valence-electron chi connectivity index (χ4n) is 1.64. The molecule has 0 saturated carbocycles. The zero-order valence-corrected chi connectivity index (χ0v) is 9.50. The first-order valence-corrected chi connectivity index (χ1v) is 5.99. The lowest BCUT2D eigenvalue weighted by Gasteiger charge is -2.31. The predicted molar refractivity (Wildman–Crippen MR) is 56.3 cm³/mol. The van der Waals surface area contributed by atoms with Crippen molar-refractivity contribution < 1.29 is 9.84 Å². The van der Waals surface area contributed by atoms with Crippen LogP contribution in [0.25, 0.3) is 0 Å². The minimum atomic E-state index is 0.140. The van der Waals surface area contributed by atoms with Crippen molar-refractivity contribution in [1.82, 2.24) is 4.90 Å². The maximum Gasteiger partial charge on any atom is 0.0701 e. The van der Waals surface area contributed by atoms with Crippen LogP contribution in [0.15, 0.2) is 0 Å². The summed E-state index contributed by atoms with van der Waals surface area (Å²) in [5.74, 6) is 0. The van der Waals surface area contributed by atoms with Gasteiger partial charge in [0.1, 0.15) is 0 Å². The first-order valence-electron chi connectivity index (χ1n) is 4.87. The van der Waals surface area contributed by atoms with Gasteiger partial charge in [0.15, 0.2) is 0 Å². The molecule has 1 fully saturated rings. The fourth-order valence-corrected chi connectivity index (χ4v) is 2.14. The fraction of sp³-hybridized carbons (Fsp3) is 1.00. The lowest BCUT2D eigenvalue weighted by Crippen LogP contribution is -2.38. The summed E-state index contributed by atoms with van der Waals surface area (Å²) >= 11 is 3.44. The van der Waals surface area contributed by atoms with E-state index in [0.717, 1.165) is 37.8 Å². The number of halogens is 1. The molecule has 1 aliphatic heterocycles. The molecule has 0 aromatic heterocycles. The Kier molecular flexibility index (Phi) is 5.95. The van der Waals surface area contributed by atoms with E-state index in [1.807, 2.05) is 0 Å². The summed E-state index contributed by atoms with van der Waals surface area (Å²) in [5.41, 5.74) is 0. The molecule has 13 heavy (non-hydrogen) atoms. The van der Waals surface area contributed by atoms with Crippen LogP contribution < -0.4 is 0 Å². The first-order chi connectivity index (χ1) is 6.36. The second-order valence-corrected chi connectivity index (χ2v) is 4.12. The maximum atomic E-state index is 8.59. The van der Waals surface area contributed by atoms with Gasteiger partial charge in [0.25, 0.3) is 0 Å². The molecular weight excluding hydrogens is 234 g/mol. The highest BCUT2D eigenvalue weighted by molar-refractivity contribution is 9.09. The third kappa shape index (κ3) is 4.40. The molecule has 0 amide bonds. The SMILES string of the molecule is OCCOC1CCN(CCBr)CC1. The van der Waals surface area contributed by atoms with E-state index in [2.05, 4.69) is 20.8 Å². The van der Waals surface area contributed by atoms with E-state index in [1.54, 1.807) is 0 Å². The summed E-state index contributed by atoms with van der Waals surface area (Å²) in [6.45, 7) is 4.01. The summed E-state index contributed by atoms with van der Waals surface area (Å²) in [6.07, 6.45) is 2.58. The Morgan fingerprint density at radius 3 is 2.62 bits per heavy atom. The number of hydrogen-bond acceptors (Lipinski definition) is 3. The Balaban J connectivity index is 2.08. The molecule has 1 rings (SSSR count).